The molecular weight excluding hydrogens is 426 g/mol. The van der Waals surface area contributed by atoms with Crippen LogP contribution in [0.5, 0.6) is 5.75 Å². The van der Waals surface area contributed by atoms with Gasteiger partial charge >= 0.3 is 0 Å². The lowest BCUT2D eigenvalue weighted by Gasteiger charge is -2.27. The highest BCUT2D eigenvalue weighted by molar-refractivity contribution is 5.91. The number of hydrazone groups is 1. The van der Waals surface area contributed by atoms with E-state index in [2.05, 4.69) is 15.1 Å². The number of nitrogens with zero attached hydrogens (tertiary/aromatic N) is 2. The lowest BCUT2D eigenvalue weighted by Crippen LogP contribution is -2.43. The van der Waals surface area contributed by atoms with Crippen molar-refractivity contribution in [3.8, 4) is 11.4 Å². The molecule has 4 aromatic rings. The zero-order valence-electron chi connectivity index (χ0n) is 19.4. The second-order valence-electron chi connectivity index (χ2n) is 8.00. The number of ether oxygens (including phenoxy) is 1. The number of amides is 1. The number of aromatic nitrogens is 1. The smallest absolute Gasteiger partial charge is 0.281 e. The van der Waals surface area contributed by atoms with Crippen molar-refractivity contribution < 1.29 is 14.6 Å². The molecule has 2 N–H and O–H groups in total. The summed E-state index contributed by atoms with van der Waals surface area (Å²) >= 11 is 0. The van der Waals surface area contributed by atoms with E-state index in [9.17, 15) is 9.90 Å². The zero-order chi connectivity index (χ0) is 24.1. The van der Waals surface area contributed by atoms with E-state index in [0.717, 1.165) is 28.4 Å². The largest absolute Gasteiger partial charge is 0.497 e. The Morgan fingerprint density at radius 1 is 0.941 bits per heavy atom. The molecule has 1 aromatic heterocycles. The Balaban J connectivity index is 1.59. The van der Waals surface area contributed by atoms with E-state index in [1.165, 1.54) is 0 Å². The Bertz CT molecular complexity index is 1250. The van der Waals surface area contributed by atoms with Crippen LogP contribution in [-0.2, 0) is 10.4 Å². The molecule has 34 heavy (non-hydrogen) atoms. The summed E-state index contributed by atoms with van der Waals surface area (Å²) in [7, 11) is 1.64. The number of carbonyl (C=O) groups excluding carboxylic acids is 1. The summed E-state index contributed by atoms with van der Waals surface area (Å²) < 4.78 is 7.35. The van der Waals surface area contributed by atoms with Crippen molar-refractivity contribution >= 4 is 12.1 Å². The quantitative estimate of drug-likeness (QED) is 0.320. The van der Waals surface area contributed by atoms with Crippen molar-refractivity contribution in [1.82, 2.24) is 9.99 Å². The van der Waals surface area contributed by atoms with Gasteiger partial charge < -0.3 is 14.4 Å². The van der Waals surface area contributed by atoms with Gasteiger partial charge in [-0.1, -0.05) is 60.7 Å². The number of rotatable bonds is 7. The summed E-state index contributed by atoms with van der Waals surface area (Å²) in [6, 6.07) is 27.5. The first-order valence-corrected chi connectivity index (χ1v) is 11.0. The van der Waals surface area contributed by atoms with E-state index in [1.54, 1.807) is 61.9 Å². The molecule has 0 saturated carbocycles. The summed E-state index contributed by atoms with van der Waals surface area (Å²) in [4.78, 5) is 13.2. The fraction of sp³-hybridized carbons (Fsp3) is 0.143. The molecule has 0 atom stereocenters. The Labute approximate surface area is 199 Å². The Kier molecular flexibility index (Phi) is 6.61. The SMILES string of the molecule is COc1ccc(-n2c(C)cc(/C=N\NC(=O)C(O)(c3ccccc3)c3ccccc3)c2C)cc1. The van der Waals surface area contributed by atoms with Gasteiger partial charge in [0.2, 0.25) is 0 Å². The second-order valence-corrected chi connectivity index (χ2v) is 8.00. The highest BCUT2D eigenvalue weighted by Crippen LogP contribution is 2.30. The standard InChI is InChI=1S/C28H27N3O3/c1-20-18-22(21(2)31(20)25-14-16-26(34-3)17-15-25)19-29-30-27(32)28(33,23-10-6-4-7-11-23)24-12-8-5-9-13-24/h4-19,33H,1-3H3,(H,30,32)/b29-19-. The first-order valence-electron chi connectivity index (χ1n) is 11.0. The van der Waals surface area contributed by atoms with E-state index >= 15 is 0 Å². The summed E-state index contributed by atoms with van der Waals surface area (Å²) in [6.45, 7) is 4.00. The minimum Gasteiger partial charge on any atom is -0.497 e. The number of nitrogens with one attached hydrogen (secondary N) is 1. The number of hydrogen-bond acceptors (Lipinski definition) is 4. The van der Waals surface area contributed by atoms with Crippen LogP contribution in [0.1, 0.15) is 28.1 Å². The maximum Gasteiger partial charge on any atom is 0.281 e. The van der Waals surface area contributed by atoms with Gasteiger partial charge in [0.15, 0.2) is 5.60 Å². The van der Waals surface area contributed by atoms with Gasteiger partial charge in [-0.2, -0.15) is 5.10 Å². The molecule has 3 aromatic carbocycles. The molecule has 0 spiro atoms. The first-order chi connectivity index (χ1) is 16.4. The fourth-order valence-electron chi connectivity index (χ4n) is 4.08. The third-order valence-electron chi connectivity index (χ3n) is 5.88. The molecule has 0 unspecified atom stereocenters. The Morgan fingerprint density at radius 3 is 2.03 bits per heavy atom. The van der Waals surface area contributed by atoms with Gasteiger partial charge in [-0.25, -0.2) is 5.43 Å². The normalized spacial score (nSPS) is 11.5. The van der Waals surface area contributed by atoms with Crippen LogP contribution in [0, 0.1) is 13.8 Å². The van der Waals surface area contributed by atoms with Gasteiger partial charge in [-0.05, 0) is 55.3 Å². The minimum atomic E-state index is -1.88. The lowest BCUT2D eigenvalue weighted by atomic mass is 9.85. The average molecular weight is 454 g/mol. The zero-order valence-corrected chi connectivity index (χ0v) is 19.4. The van der Waals surface area contributed by atoms with Crippen LogP contribution < -0.4 is 10.2 Å². The van der Waals surface area contributed by atoms with E-state index in [1.807, 2.05) is 56.3 Å². The molecule has 0 aliphatic carbocycles. The highest BCUT2D eigenvalue weighted by Gasteiger charge is 2.39. The Morgan fingerprint density at radius 2 is 1.50 bits per heavy atom. The predicted octanol–water partition coefficient (Wildman–Crippen LogP) is 4.49. The van der Waals surface area contributed by atoms with Crippen LogP contribution in [-0.4, -0.2) is 28.9 Å². The Hall–Kier alpha value is -4.16. The van der Waals surface area contributed by atoms with Crippen LogP contribution in [0.3, 0.4) is 0 Å². The average Bonchev–Trinajstić information content (AvgIpc) is 3.17. The molecule has 0 fully saturated rings. The van der Waals surface area contributed by atoms with Crippen molar-refractivity contribution in [2.24, 2.45) is 5.10 Å². The molecular formula is C28H27N3O3. The summed E-state index contributed by atoms with van der Waals surface area (Å²) in [5.41, 5.74) is 5.45. The number of aryl methyl sites for hydroxylation is 1. The topological polar surface area (TPSA) is 75.8 Å². The van der Waals surface area contributed by atoms with E-state index < -0.39 is 11.5 Å². The summed E-state index contributed by atoms with van der Waals surface area (Å²) in [5, 5.41) is 15.7. The molecule has 0 radical (unpaired) electrons. The monoisotopic (exact) mass is 453 g/mol. The van der Waals surface area contributed by atoms with Crippen molar-refractivity contribution in [2.45, 2.75) is 19.4 Å². The van der Waals surface area contributed by atoms with Gasteiger partial charge in [-0.3, -0.25) is 4.79 Å². The molecule has 1 amide bonds. The van der Waals surface area contributed by atoms with E-state index in [-0.39, 0.29) is 0 Å². The minimum absolute atomic E-state index is 0.464. The van der Waals surface area contributed by atoms with Crippen LogP contribution in [0.4, 0.5) is 0 Å². The van der Waals surface area contributed by atoms with E-state index in [0.29, 0.717) is 11.1 Å². The fourth-order valence-corrected chi connectivity index (χ4v) is 4.08. The number of carbonyl (C=O) groups is 1. The second kappa shape index (κ2) is 9.77. The number of methoxy groups -OCH3 is 1. The molecule has 4 rings (SSSR count). The predicted molar refractivity (Wildman–Crippen MR) is 133 cm³/mol. The molecule has 0 saturated heterocycles. The lowest BCUT2D eigenvalue weighted by molar-refractivity contribution is -0.136. The number of benzene rings is 3. The van der Waals surface area contributed by atoms with Gasteiger partial charge in [0, 0.05) is 22.6 Å². The summed E-state index contributed by atoms with van der Waals surface area (Å²) in [5.74, 6) is 0.158. The molecule has 172 valence electrons. The third-order valence-corrected chi connectivity index (χ3v) is 5.88. The molecule has 0 aliphatic heterocycles. The number of hydrogen-bond donors (Lipinski definition) is 2. The van der Waals surface area contributed by atoms with Gasteiger partial charge in [0.25, 0.3) is 5.91 Å². The van der Waals surface area contributed by atoms with Crippen molar-refractivity contribution in [3.63, 3.8) is 0 Å². The molecule has 6 heteroatoms. The van der Waals surface area contributed by atoms with Gasteiger partial charge in [-0.15, -0.1) is 0 Å². The van der Waals surface area contributed by atoms with Crippen LogP contribution in [0.2, 0.25) is 0 Å². The third kappa shape index (κ3) is 4.36. The van der Waals surface area contributed by atoms with Gasteiger partial charge in [0.05, 0.1) is 13.3 Å². The highest BCUT2D eigenvalue weighted by atomic mass is 16.5. The van der Waals surface area contributed by atoms with Crippen molar-refractivity contribution in [2.75, 3.05) is 7.11 Å². The number of aliphatic hydroxyl groups is 1. The van der Waals surface area contributed by atoms with Crippen LogP contribution in [0.15, 0.2) is 96.1 Å². The molecule has 6 nitrogen and oxygen atoms in total. The molecule has 0 aliphatic rings. The van der Waals surface area contributed by atoms with E-state index in [4.69, 9.17) is 4.74 Å². The van der Waals surface area contributed by atoms with Crippen molar-refractivity contribution in [1.29, 1.82) is 0 Å². The van der Waals surface area contributed by atoms with Crippen LogP contribution >= 0.6 is 0 Å². The van der Waals surface area contributed by atoms with Crippen LogP contribution in [0.25, 0.3) is 5.69 Å². The van der Waals surface area contributed by atoms with Gasteiger partial charge in [0.1, 0.15) is 5.75 Å². The molecule has 0 bridgehead atoms. The first kappa shape index (κ1) is 23.0. The maximum absolute atomic E-state index is 13.2. The summed E-state index contributed by atoms with van der Waals surface area (Å²) in [6.07, 6.45) is 1.59. The maximum atomic E-state index is 13.2. The molecule has 1 heterocycles. The van der Waals surface area contributed by atoms with Crippen molar-refractivity contribution in [3.05, 3.63) is 119 Å².